The van der Waals surface area contributed by atoms with Gasteiger partial charge in [-0.25, -0.2) is 4.98 Å². The molecule has 7 heteroatoms. The Hall–Kier alpha value is -2.67. The van der Waals surface area contributed by atoms with Gasteiger partial charge in [0.15, 0.2) is 5.58 Å². The van der Waals surface area contributed by atoms with E-state index in [1.165, 1.54) is 11.8 Å². The van der Waals surface area contributed by atoms with E-state index in [1.807, 2.05) is 24.3 Å². The van der Waals surface area contributed by atoms with Crippen molar-refractivity contribution in [3.05, 3.63) is 42.5 Å². The molecule has 3 aromatic rings. The van der Waals surface area contributed by atoms with Crippen molar-refractivity contribution in [3.63, 3.8) is 0 Å². The van der Waals surface area contributed by atoms with Crippen molar-refractivity contribution in [2.24, 2.45) is 0 Å². The molecule has 0 aliphatic carbocycles. The number of carbonyl (C=O) groups is 1. The van der Waals surface area contributed by atoms with E-state index in [4.69, 9.17) is 13.9 Å². The third-order valence-corrected chi connectivity index (χ3v) is 4.53. The molecule has 2 aromatic carbocycles. The molecular weight excluding hydrogens is 340 g/mol. The molecule has 1 N–H and O–H groups in total. The minimum Gasteiger partial charge on any atom is -0.497 e. The van der Waals surface area contributed by atoms with Crippen LogP contribution in [0.4, 0.5) is 5.69 Å². The highest BCUT2D eigenvalue weighted by molar-refractivity contribution is 8.00. The number of aromatic nitrogens is 1. The molecule has 6 nitrogen and oxygen atoms in total. The Kier molecular flexibility index (Phi) is 5.14. The molecule has 0 radical (unpaired) electrons. The van der Waals surface area contributed by atoms with E-state index in [-0.39, 0.29) is 11.2 Å². The first kappa shape index (κ1) is 17.2. The Morgan fingerprint density at radius 3 is 2.72 bits per heavy atom. The molecule has 0 aliphatic rings. The van der Waals surface area contributed by atoms with Gasteiger partial charge in [0.1, 0.15) is 17.0 Å². The van der Waals surface area contributed by atoms with E-state index in [1.54, 1.807) is 39.3 Å². The van der Waals surface area contributed by atoms with Crippen LogP contribution in [0.1, 0.15) is 6.92 Å². The van der Waals surface area contributed by atoms with Crippen molar-refractivity contribution in [1.29, 1.82) is 0 Å². The third kappa shape index (κ3) is 3.88. The van der Waals surface area contributed by atoms with E-state index in [0.717, 1.165) is 5.52 Å². The first-order valence-electron chi connectivity index (χ1n) is 7.66. The number of fused-ring (bicyclic) bond motifs is 1. The summed E-state index contributed by atoms with van der Waals surface area (Å²) in [6, 6.07) is 12.7. The largest absolute Gasteiger partial charge is 0.497 e. The average Bonchev–Trinajstić information content (AvgIpc) is 3.04. The van der Waals surface area contributed by atoms with Gasteiger partial charge in [0.25, 0.3) is 5.22 Å². The number of hydrogen-bond acceptors (Lipinski definition) is 6. The maximum Gasteiger partial charge on any atom is 0.257 e. The van der Waals surface area contributed by atoms with Crippen LogP contribution in [0.15, 0.2) is 52.1 Å². The van der Waals surface area contributed by atoms with Gasteiger partial charge in [-0.05, 0) is 31.2 Å². The van der Waals surface area contributed by atoms with Crippen molar-refractivity contribution in [2.75, 3.05) is 19.5 Å². The zero-order valence-electron chi connectivity index (χ0n) is 14.1. The molecule has 0 spiro atoms. The topological polar surface area (TPSA) is 73.6 Å². The van der Waals surface area contributed by atoms with Crippen LogP contribution in [0.3, 0.4) is 0 Å². The van der Waals surface area contributed by atoms with E-state index in [2.05, 4.69) is 10.3 Å². The fourth-order valence-corrected chi connectivity index (χ4v) is 3.00. The van der Waals surface area contributed by atoms with E-state index in [9.17, 15) is 4.79 Å². The van der Waals surface area contributed by atoms with Gasteiger partial charge < -0.3 is 19.2 Å². The summed E-state index contributed by atoms with van der Waals surface area (Å²) < 4.78 is 16.1. The lowest BCUT2D eigenvalue weighted by Gasteiger charge is -2.14. The van der Waals surface area contributed by atoms with Gasteiger partial charge in [-0.15, -0.1) is 0 Å². The fraction of sp³-hybridized carbons (Fsp3) is 0.222. The fourth-order valence-electron chi connectivity index (χ4n) is 2.24. The number of ether oxygens (including phenoxy) is 2. The summed E-state index contributed by atoms with van der Waals surface area (Å²) in [4.78, 5) is 16.8. The molecule has 1 unspecified atom stereocenters. The number of methoxy groups -OCH3 is 2. The Balaban J connectivity index is 1.70. The number of benzene rings is 2. The highest BCUT2D eigenvalue weighted by Gasteiger charge is 2.19. The minimum atomic E-state index is -0.389. The normalized spacial score (nSPS) is 12.0. The summed E-state index contributed by atoms with van der Waals surface area (Å²) in [5.74, 6) is 1.02. The number of para-hydroxylation sites is 2. The Bertz CT molecular complexity index is 861. The summed E-state index contributed by atoms with van der Waals surface area (Å²) in [5.41, 5.74) is 2.06. The number of anilines is 1. The Morgan fingerprint density at radius 1 is 1.20 bits per heavy atom. The highest BCUT2D eigenvalue weighted by Crippen LogP contribution is 2.31. The van der Waals surface area contributed by atoms with Gasteiger partial charge in [0, 0.05) is 6.07 Å². The summed E-state index contributed by atoms with van der Waals surface area (Å²) in [5, 5.41) is 2.93. The van der Waals surface area contributed by atoms with Gasteiger partial charge >= 0.3 is 0 Å². The van der Waals surface area contributed by atoms with E-state index >= 15 is 0 Å². The summed E-state index contributed by atoms with van der Waals surface area (Å²) in [6.45, 7) is 1.80. The van der Waals surface area contributed by atoms with Crippen molar-refractivity contribution in [1.82, 2.24) is 4.98 Å². The van der Waals surface area contributed by atoms with Crippen molar-refractivity contribution >= 4 is 34.5 Å². The van der Waals surface area contributed by atoms with Crippen molar-refractivity contribution in [2.45, 2.75) is 17.4 Å². The van der Waals surface area contributed by atoms with Crippen LogP contribution >= 0.6 is 11.8 Å². The number of rotatable bonds is 6. The Morgan fingerprint density at radius 2 is 2.00 bits per heavy atom. The smallest absolute Gasteiger partial charge is 0.257 e. The van der Waals surface area contributed by atoms with Crippen LogP contribution in [0.5, 0.6) is 11.5 Å². The molecule has 0 aliphatic heterocycles. The molecule has 0 saturated carbocycles. The van der Waals surface area contributed by atoms with Crippen LogP contribution in [0.2, 0.25) is 0 Å². The van der Waals surface area contributed by atoms with Crippen molar-refractivity contribution < 1.29 is 18.7 Å². The summed E-state index contributed by atoms with van der Waals surface area (Å²) >= 11 is 1.26. The molecular formula is C18H18N2O4S. The number of nitrogens with one attached hydrogen (secondary N) is 1. The molecule has 1 atom stereocenters. The standard InChI is InChI=1S/C18H18N2O4S/c1-11(25-18-20-13-6-4-5-7-15(13)24-18)17(21)19-14-9-8-12(22-2)10-16(14)23-3/h4-11H,1-3H3,(H,19,21). The van der Waals surface area contributed by atoms with Gasteiger partial charge in [0.2, 0.25) is 5.91 Å². The van der Waals surface area contributed by atoms with Gasteiger partial charge in [-0.2, -0.15) is 0 Å². The number of amides is 1. The second kappa shape index (κ2) is 7.48. The molecule has 130 valence electrons. The lowest BCUT2D eigenvalue weighted by atomic mass is 10.2. The third-order valence-electron chi connectivity index (χ3n) is 3.59. The van der Waals surface area contributed by atoms with Crippen molar-refractivity contribution in [3.8, 4) is 11.5 Å². The second-order valence-electron chi connectivity index (χ2n) is 5.26. The average molecular weight is 358 g/mol. The summed E-state index contributed by atoms with van der Waals surface area (Å²) in [7, 11) is 3.12. The molecule has 1 heterocycles. The zero-order valence-corrected chi connectivity index (χ0v) is 14.9. The lowest BCUT2D eigenvalue weighted by molar-refractivity contribution is -0.115. The van der Waals surface area contributed by atoms with Crippen LogP contribution in [-0.4, -0.2) is 30.4 Å². The molecule has 25 heavy (non-hydrogen) atoms. The molecule has 3 rings (SSSR count). The van der Waals surface area contributed by atoms with Crippen LogP contribution in [0.25, 0.3) is 11.1 Å². The Labute approximate surface area is 149 Å². The van der Waals surface area contributed by atoms with Gasteiger partial charge in [-0.3, -0.25) is 4.79 Å². The molecule has 1 aromatic heterocycles. The first-order valence-corrected chi connectivity index (χ1v) is 8.54. The number of oxazole rings is 1. The quantitative estimate of drug-likeness (QED) is 0.672. The predicted octanol–water partition coefficient (Wildman–Crippen LogP) is 3.96. The molecule has 0 saturated heterocycles. The highest BCUT2D eigenvalue weighted by atomic mass is 32.2. The molecule has 1 amide bonds. The predicted molar refractivity (Wildman–Crippen MR) is 97.5 cm³/mol. The molecule has 0 bridgehead atoms. The van der Waals surface area contributed by atoms with E-state index in [0.29, 0.717) is 28.0 Å². The minimum absolute atomic E-state index is 0.171. The van der Waals surface area contributed by atoms with Crippen LogP contribution in [-0.2, 0) is 4.79 Å². The SMILES string of the molecule is COc1ccc(NC(=O)C(C)Sc2nc3ccccc3o2)c(OC)c1. The first-order chi connectivity index (χ1) is 12.1. The van der Waals surface area contributed by atoms with Crippen LogP contribution in [0, 0.1) is 0 Å². The lowest BCUT2D eigenvalue weighted by Crippen LogP contribution is -2.22. The molecule has 0 fully saturated rings. The number of hydrogen-bond donors (Lipinski definition) is 1. The number of carbonyl (C=O) groups excluding carboxylic acids is 1. The zero-order chi connectivity index (χ0) is 17.8. The maximum atomic E-state index is 12.5. The van der Waals surface area contributed by atoms with Gasteiger partial charge in [0.05, 0.1) is 25.2 Å². The van der Waals surface area contributed by atoms with E-state index < -0.39 is 0 Å². The van der Waals surface area contributed by atoms with Gasteiger partial charge in [-0.1, -0.05) is 23.9 Å². The maximum absolute atomic E-state index is 12.5. The monoisotopic (exact) mass is 358 g/mol. The van der Waals surface area contributed by atoms with Crippen LogP contribution < -0.4 is 14.8 Å². The number of thioether (sulfide) groups is 1. The second-order valence-corrected chi connectivity index (χ2v) is 6.56. The summed E-state index contributed by atoms with van der Waals surface area (Å²) in [6.07, 6.45) is 0. The number of nitrogens with zero attached hydrogens (tertiary/aromatic N) is 1.